The third-order valence-electron chi connectivity index (χ3n) is 4.54. The summed E-state index contributed by atoms with van der Waals surface area (Å²) < 4.78 is 1.90. The van der Waals surface area contributed by atoms with Crippen molar-refractivity contribution in [2.45, 2.75) is 6.17 Å². The van der Waals surface area contributed by atoms with E-state index in [1.807, 2.05) is 53.1 Å². The lowest BCUT2D eigenvalue weighted by Gasteiger charge is -2.24. The molecule has 24 heavy (non-hydrogen) atoms. The maximum Gasteiger partial charge on any atom is 0.272 e. The predicted molar refractivity (Wildman–Crippen MR) is 93.0 cm³/mol. The zero-order chi connectivity index (χ0) is 16.8. The van der Waals surface area contributed by atoms with Gasteiger partial charge in [0.05, 0.1) is 5.52 Å². The van der Waals surface area contributed by atoms with Crippen LogP contribution in [0.15, 0.2) is 72.8 Å². The highest BCUT2D eigenvalue weighted by molar-refractivity contribution is 6.10. The number of Topliss-reactive ketones (excluding diaryl/α,β-unsaturated/α-hetero) is 1. The second kappa shape index (κ2) is 5.20. The third kappa shape index (κ3) is 1.93. The molecule has 2 heterocycles. The zero-order valence-corrected chi connectivity index (χ0v) is 13.3. The minimum atomic E-state index is -0.500. The first-order chi connectivity index (χ1) is 11.6. The fourth-order valence-corrected chi connectivity index (χ4v) is 3.35. The number of carbonyl (C=O) groups excluding carboxylic acids is 2. The lowest BCUT2D eigenvalue weighted by Crippen LogP contribution is -2.29. The van der Waals surface area contributed by atoms with Crippen LogP contribution in [0.4, 0.5) is 0 Å². The number of aromatic nitrogens is 1. The van der Waals surface area contributed by atoms with Gasteiger partial charge in [0, 0.05) is 23.6 Å². The lowest BCUT2D eigenvalue weighted by molar-refractivity contribution is 0.0772. The molecule has 0 N–H and O–H groups in total. The maximum atomic E-state index is 12.8. The molecule has 0 radical (unpaired) electrons. The van der Waals surface area contributed by atoms with Gasteiger partial charge in [-0.25, -0.2) is 0 Å². The summed E-state index contributed by atoms with van der Waals surface area (Å²) in [5, 5.41) is 0.985. The molecule has 3 aromatic rings. The van der Waals surface area contributed by atoms with Gasteiger partial charge in [-0.15, -0.1) is 0 Å². The van der Waals surface area contributed by atoms with Crippen LogP contribution < -0.4 is 0 Å². The summed E-state index contributed by atoms with van der Waals surface area (Å²) in [5.41, 5.74) is 2.48. The third-order valence-corrected chi connectivity index (χ3v) is 4.54. The van der Waals surface area contributed by atoms with Gasteiger partial charge in [0.1, 0.15) is 11.9 Å². The molecule has 1 atom stereocenters. The zero-order valence-electron chi connectivity index (χ0n) is 13.3. The van der Waals surface area contributed by atoms with Crippen molar-refractivity contribution in [3.8, 4) is 0 Å². The van der Waals surface area contributed by atoms with Crippen LogP contribution in [0.25, 0.3) is 10.9 Å². The second-order valence-corrected chi connectivity index (χ2v) is 5.97. The lowest BCUT2D eigenvalue weighted by atomic mass is 10.0. The molecule has 0 bridgehead atoms. The van der Waals surface area contributed by atoms with Gasteiger partial charge in [0.25, 0.3) is 5.91 Å². The Morgan fingerprint density at radius 3 is 2.46 bits per heavy atom. The van der Waals surface area contributed by atoms with Gasteiger partial charge in [-0.1, -0.05) is 55.1 Å². The molecule has 0 saturated heterocycles. The van der Waals surface area contributed by atoms with Crippen LogP contribution in [0.2, 0.25) is 0 Å². The Labute approximate surface area is 139 Å². The Bertz CT molecular complexity index is 985. The number of hydrogen-bond acceptors (Lipinski definition) is 2. The van der Waals surface area contributed by atoms with Crippen LogP contribution in [0.5, 0.6) is 0 Å². The molecule has 0 aliphatic carbocycles. The Kier molecular flexibility index (Phi) is 3.13. The largest absolute Gasteiger partial charge is 0.315 e. The van der Waals surface area contributed by atoms with E-state index in [1.165, 1.54) is 0 Å². The van der Waals surface area contributed by atoms with Crippen LogP contribution in [0.1, 0.15) is 27.0 Å². The molecule has 4 rings (SSSR count). The summed E-state index contributed by atoms with van der Waals surface area (Å²) in [5.74, 6) is -0.246. The molecule has 1 aliphatic rings. The quantitative estimate of drug-likeness (QED) is 0.546. The minimum Gasteiger partial charge on any atom is -0.315 e. The summed E-state index contributed by atoms with van der Waals surface area (Å²) in [6.07, 6.45) is -0.500. The van der Waals surface area contributed by atoms with Crippen molar-refractivity contribution in [1.29, 1.82) is 0 Å². The molecule has 1 aliphatic heterocycles. The molecule has 1 amide bonds. The highest BCUT2D eigenvalue weighted by atomic mass is 16.2. The molecular formula is C20H16N2O2. The summed E-state index contributed by atoms with van der Waals surface area (Å²) in [6, 6.07) is 18.7. The molecule has 1 aromatic heterocycles. The molecule has 1 unspecified atom stereocenters. The van der Waals surface area contributed by atoms with Crippen LogP contribution in [0, 0.1) is 0 Å². The van der Waals surface area contributed by atoms with E-state index >= 15 is 0 Å². The van der Waals surface area contributed by atoms with Crippen LogP contribution in [-0.2, 0) is 0 Å². The average molecular weight is 316 g/mol. The first kappa shape index (κ1) is 14.5. The number of benzene rings is 2. The van der Waals surface area contributed by atoms with Crippen molar-refractivity contribution in [3.63, 3.8) is 0 Å². The van der Waals surface area contributed by atoms with Gasteiger partial charge >= 0.3 is 0 Å². The van der Waals surface area contributed by atoms with Gasteiger partial charge in [-0.3, -0.25) is 9.59 Å². The van der Waals surface area contributed by atoms with E-state index in [4.69, 9.17) is 0 Å². The van der Waals surface area contributed by atoms with E-state index in [9.17, 15) is 9.59 Å². The van der Waals surface area contributed by atoms with Crippen LogP contribution >= 0.6 is 0 Å². The number of ketones is 1. The number of para-hydroxylation sites is 1. The van der Waals surface area contributed by atoms with Crippen molar-refractivity contribution >= 4 is 22.6 Å². The summed E-state index contributed by atoms with van der Waals surface area (Å²) in [7, 11) is 1.71. The van der Waals surface area contributed by atoms with E-state index in [0.29, 0.717) is 16.8 Å². The standard InChI is InChI=1S/C20H16N2O2/c1-13(18(23)14-8-4-3-5-9-14)19-21(2)20(24)17-12-15-10-6-7-11-16(15)22(17)19/h3-12,19H,1H2,2H3. The smallest absolute Gasteiger partial charge is 0.272 e. The molecule has 0 fully saturated rings. The summed E-state index contributed by atoms with van der Waals surface area (Å²) in [4.78, 5) is 27.0. The van der Waals surface area contributed by atoms with E-state index in [-0.39, 0.29) is 11.7 Å². The Hall–Kier alpha value is -3.14. The number of rotatable bonds is 3. The summed E-state index contributed by atoms with van der Waals surface area (Å²) in [6.45, 7) is 4.02. The molecule has 4 heteroatoms. The number of likely N-dealkylation sites (N-methyl/N-ethyl adjacent to an activating group) is 1. The normalized spacial score (nSPS) is 16.5. The number of nitrogens with zero attached hydrogens (tertiary/aromatic N) is 2. The second-order valence-electron chi connectivity index (χ2n) is 5.97. The highest BCUT2D eigenvalue weighted by Crippen LogP contribution is 2.37. The molecule has 0 saturated carbocycles. The molecule has 0 spiro atoms. The van der Waals surface area contributed by atoms with E-state index in [2.05, 4.69) is 6.58 Å². The van der Waals surface area contributed by atoms with E-state index in [0.717, 1.165) is 10.9 Å². The molecule has 2 aromatic carbocycles. The Morgan fingerprint density at radius 1 is 1.04 bits per heavy atom. The van der Waals surface area contributed by atoms with Crippen molar-refractivity contribution in [2.75, 3.05) is 7.05 Å². The Morgan fingerprint density at radius 2 is 1.71 bits per heavy atom. The monoisotopic (exact) mass is 316 g/mol. The van der Waals surface area contributed by atoms with Gasteiger partial charge in [-0.05, 0) is 12.1 Å². The van der Waals surface area contributed by atoms with Crippen LogP contribution in [0.3, 0.4) is 0 Å². The first-order valence-electron chi connectivity index (χ1n) is 7.75. The van der Waals surface area contributed by atoms with Crippen molar-refractivity contribution < 1.29 is 9.59 Å². The van der Waals surface area contributed by atoms with Gasteiger partial charge in [0.2, 0.25) is 0 Å². The highest BCUT2D eigenvalue weighted by Gasteiger charge is 2.38. The van der Waals surface area contributed by atoms with Gasteiger partial charge in [-0.2, -0.15) is 0 Å². The SMILES string of the molecule is C=C(C(=O)c1ccccc1)C1N(C)C(=O)c2cc3ccccc3n21. The Balaban J connectivity index is 1.83. The average Bonchev–Trinajstić information content (AvgIpc) is 3.11. The predicted octanol–water partition coefficient (Wildman–Crippen LogP) is 3.66. The van der Waals surface area contributed by atoms with E-state index in [1.54, 1.807) is 24.1 Å². The summed E-state index contributed by atoms with van der Waals surface area (Å²) >= 11 is 0. The van der Waals surface area contributed by atoms with Crippen molar-refractivity contribution in [1.82, 2.24) is 9.47 Å². The van der Waals surface area contributed by atoms with Gasteiger partial charge < -0.3 is 9.47 Å². The number of carbonyl (C=O) groups is 2. The van der Waals surface area contributed by atoms with Gasteiger partial charge in [0.15, 0.2) is 5.78 Å². The van der Waals surface area contributed by atoms with Crippen LogP contribution in [-0.4, -0.2) is 28.2 Å². The van der Waals surface area contributed by atoms with Crippen molar-refractivity contribution in [2.24, 2.45) is 0 Å². The molecular weight excluding hydrogens is 300 g/mol. The maximum absolute atomic E-state index is 12.8. The van der Waals surface area contributed by atoms with E-state index < -0.39 is 6.17 Å². The molecule has 118 valence electrons. The molecule has 4 nitrogen and oxygen atoms in total. The first-order valence-corrected chi connectivity index (χ1v) is 7.75. The van der Waals surface area contributed by atoms with Crippen molar-refractivity contribution in [3.05, 3.63) is 84.1 Å². The fourth-order valence-electron chi connectivity index (χ4n) is 3.35. The number of amides is 1. The number of hydrogen-bond donors (Lipinski definition) is 0. The topological polar surface area (TPSA) is 42.3 Å². The minimum absolute atomic E-state index is 0.0989. The fraction of sp³-hybridized carbons (Fsp3) is 0.100. The number of fused-ring (bicyclic) bond motifs is 3.